The van der Waals surface area contributed by atoms with Crippen LogP contribution in [0, 0.1) is 0 Å². The van der Waals surface area contributed by atoms with Crippen LogP contribution in [0.5, 0.6) is 0 Å². The zero-order valence-corrected chi connectivity index (χ0v) is 13.3. The van der Waals surface area contributed by atoms with Gasteiger partial charge in [-0.05, 0) is 18.6 Å². The van der Waals surface area contributed by atoms with Crippen LogP contribution in [-0.2, 0) is 14.3 Å². The first-order chi connectivity index (χ1) is 10.5. The number of aliphatic hydroxyl groups excluding tert-OH is 2. The molecular weight excluding hydrogens is 333 g/mol. The summed E-state index contributed by atoms with van der Waals surface area (Å²) >= 11 is 11.8. The Kier molecular flexibility index (Phi) is 6.02. The number of benzene rings is 1. The maximum absolute atomic E-state index is 11.9. The Morgan fingerprint density at radius 2 is 2.05 bits per heavy atom. The lowest BCUT2D eigenvalue weighted by Gasteiger charge is -2.38. The predicted octanol–water partition coefficient (Wildman–Crippen LogP) is 1.27. The van der Waals surface area contributed by atoms with Crippen molar-refractivity contribution in [3.05, 3.63) is 33.8 Å². The normalized spacial score (nSPS) is 28.4. The Labute approximate surface area is 137 Å². The number of hydrogen-bond acceptors (Lipinski definition) is 5. The number of carbonyl (C=O) groups excluding carboxylic acids is 1. The van der Waals surface area contributed by atoms with Crippen molar-refractivity contribution in [2.24, 2.45) is 0 Å². The Morgan fingerprint density at radius 1 is 1.32 bits per heavy atom. The second-order valence-electron chi connectivity index (χ2n) is 4.85. The second kappa shape index (κ2) is 7.59. The van der Waals surface area contributed by atoms with E-state index in [1.54, 1.807) is 18.2 Å². The fraction of sp³-hybridized carbons (Fsp3) is 0.500. The van der Waals surface area contributed by atoms with E-state index < -0.39 is 30.5 Å². The Hall–Kier alpha value is -0.890. The van der Waals surface area contributed by atoms with Gasteiger partial charge in [-0.1, -0.05) is 29.3 Å². The van der Waals surface area contributed by atoms with Crippen LogP contribution in [0.3, 0.4) is 0 Å². The number of hydrogen-bond donors (Lipinski definition) is 3. The highest BCUT2D eigenvalue weighted by molar-refractivity contribution is 6.42. The number of ether oxygens (including phenoxy) is 2. The van der Waals surface area contributed by atoms with Gasteiger partial charge in [0.05, 0.1) is 16.1 Å². The summed E-state index contributed by atoms with van der Waals surface area (Å²) in [6.07, 6.45) is -3.73. The molecular formula is C14H17Cl2NO5. The zero-order valence-electron chi connectivity index (χ0n) is 11.8. The number of halogens is 2. The second-order valence-corrected chi connectivity index (χ2v) is 5.67. The van der Waals surface area contributed by atoms with Crippen LogP contribution >= 0.6 is 23.2 Å². The van der Waals surface area contributed by atoms with Crippen LogP contribution < -0.4 is 5.32 Å². The summed E-state index contributed by atoms with van der Waals surface area (Å²) < 4.78 is 11.2. The summed E-state index contributed by atoms with van der Waals surface area (Å²) in [4.78, 5) is 11.9. The van der Waals surface area contributed by atoms with Crippen molar-refractivity contribution in [2.75, 3.05) is 13.7 Å². The van der Waals surface area contributed by atoms with Crippen molar-refractivity contribution in [1.29, 1.82) is 0 Å². The summed E-state index contributed by atoms with van der Waals surface area (Å²) in [6.45, 7) is -0.184. The van der Waals surface area contributed by atoms with E-state index in [1.807, 2.05) is 0 Å². The van der Waals surface area contributed by atoms with Crippen LogP contribution in [0.2, 0.25) is 10.0 Å². The minimum absolute atomic E-state index is 0.176. The van der Waals surface area contributed by atoms with Gasteiger partial charge in [0.2, 0.25) is 0 Å². The molecule has 2 rings (SSSR count). The third kappa shape index (κ3) is 3.71. The van der Waals surface area contributed by atoms with Gasteiger partial charge >= 0.3 is 0 Å². The third-order valence-electron chi connectivity index (χ3n) is 3.39. The molecule has 0 saturated carbocycles. The standard InChI is InChI=1S/C14H17Cl2NO5/c1-17-13(20)12-11(19)10(4-5-18)21-14(22-12)7-2-3-8(15)9(16)6-7/h2-3,6,10-12,14,18-19H,4-5H2,1H3,(H,17,20)/t10-,11+,12-,14?/m0/s1. The molecule has 1 heterocycles. The molecule has 1 aliphatic rings. The van der Waals surface area contributed by atoms with E-state index in [0.29, 0.717) is 15.6 Å². The van der Waals surface area contributed by atoms with E-state index in [-0.39, 0.29) is 13.0 Å². The van der Waals surface area contributed by atoms with Gasteiger partial charge < -0.3 is 25.0 Å². The molecule has 1 saturated heterocycles. The number of amides is 1. The topological polar surface area (TPSA) is 88.0 Å². The molecule has 0 aromatic heterocycles. The maximum atomic E-state index is 11.9. The summed E-state index contributed by atoms with van der Waals surface area (Å²) in [5.41, 5.74) is 0.568. The van der Waals surface area contributed by atoms with Crippen LogP contribution in [0.1, 0.15) is 18.3 Å². The van der Waals surface area contributed by atoms with Crippen molar-refractivity contribution in [3.63, 3.8) is 0 Å². The predicted molar refractivity (Wildman–Crippen MR) is 80.7 cm³/mol. The molecule has 3 N–H and O–H groups in total. The maximum Gasteiger partial charge on any atom is 0.251 e. The van der Waals surface area contributed by atoms with Crippen molar-refractivity contribution in [3.8, 4) is 0 Å². The largest absolute Gasteiger partial charge is 0.396 e. The van der Waals surface area contributed by atoms with E-state index in [0.717, 1.165) is 0 Å². The first kappa shape index (κ1) is 17.5. The van der Waals surface area contributed by atoms with Crippen molar-refractivity contribution < 1.29 is 24.5 Å². The summed E-state index contributed by atoms with van der Waals surface area (Å²) in [7, 11) is 1.45. The van der Waals surface area contributed by atoms with Gasteiger partial charge in [-0.25, -0.2) is 0 Å². The van der Waals surface area contributed by atoms with E-state index in [2.05, 4.69) is 5.32 Å². The average Bonchev–Trinajstić information content (AvgIpc) is 2.51. The van der Waals surface area contributed by atoms with E-state index in [9.17, 15) is 9.90 Å². The number of likely N-dealkylation sites (N-methyl/N-ethyl adjacent to an activating group) is 1. The van der Waals surface area contributed by atoms with Crippen molar-refractivity contribution >= 4 is 29.1 Å². The molecule has 122 valence electrons. The molecule has 0 aliphatic carbocycles. The molecule has 1 aliphatic heterocycles. The van der Waals surface area contributed by atoms with Crippen LogP contribution in [0.4, 0.5) is 0 Å². The van der Waals surface area contributed by atoms with Gasteiger partial charge in [-0.15, -0.1) is 0 Å². The average molecular weight is 350 g/mol. The van der Waals surface area contributed by atoms with Crippen LogP contribution in [0.25, 0.3) is 0 Å². The zero-order chi connectivity index (χ0) is 16.3. The molecule has 0 spiro atoms. The van der Waals surface area contributed by atoms with Crippen LogP contribution in [-0.4, -0.2) is 48.1 Å². The Morgan fingerprint density at radius 3 is 2.64 bits per heavy atom. The molecule has 1 aromatic carbocycles. The monoisotopic (exact) mass is 349 g/mol. The number of nitrogens with one attached hydrogen (secondary N) is 1. The molecule has 1 amide bonds. The van der Waals surface area contributed by atoms with Crippen molar-refractivity contribution in [1.82, 2.24) is 5.32 Å². The lowest BCUT2D eigenvalue weighted by Crippen LogP contribution is -2.53. The highest BCUT2D eigenvalue weighted by Crippen LogP contribution is 2.34. The molecule has 1 fully saturated rings. The quantitative estimate of drug-likeness (QED) is 0.761. The van der Waals surface area contributed by atoms with Gasteiger partial charge in [0, 0.05) is 19.2 Å². The lowest BCUT2D eigenvalue weighted by molar-refractivity contribution is -0.283. The van der Waals surface area contributed by atoms with E-state index >= 15 is 0 Å². The highest BCUT2D eigenvalue weighted by Gasteiger charge is 2.42. The highest BCUT2D eigenvalue weighted by atomic mass is 35.5. The molecule has 4 atom stereocenters. The summed E-state index contributed by atoms with van der Waals surface area (Å²) in [6, 6.07) is 4.82. The fourth-order valence-corrected chi connectivity index (χ4v) is 2.53. The van der Waals surface area contributed by atoms with Gasteiger partial charge in [0.25, 0.3) is 5.91 Å². The number of aliphatic hydroxyl groups is 2. The number of rotatable bonds is 4. The fourth-order valence-electron chi connectivity index (χ4n) is 2.22. The van der Waals surface area contributed by atoms with Gasteiger partial charge in [0.1, 0.15) is 6.10 Å². The molecule has 0 bridgehead atoms. The molecule has 1 aromatic rings. The van der Waals surface area contributed by atoms with Crippen LogP contribution in [0.15, 0.2) is 18.2 Å². The Balaban J connectivity index is 2.26. The summed E-state index contributed by atoms with van der Waals surface area (Å²) in [5.74, 6) is -0.469. The molecule has 8 heteroatoms. The smallest absolute Gasteiger partial charge is 0.251 e. The first-order valence-electron chi connectivity index (χ1n) is 6.74. The van der Waals surface area contributed by atoms with Gasteiger partial charge in [0.15, 0.2) is 12.4 Å². The molecule has 0 radical (unpaired) electrons. The molecule has 1 unspecified atom stereocenters. The first-order valence-corrected chi connectivity index (χ1v) is 7.50. The van der Waals surface area contributed by atoms with Crippen molar-refractivity contribution in [2.45, 2.75) is 31.0 Å². The lowest BCUT2D eigenvalue weighted by atomic mass is 10.0. The minimum Gasteiger partial charge on any atom is -0.396 e. The third-order valence-corrected chi connectivity index (χ3v) is 4.13. The molecule has 6 nitrogen and oxygen atoms in total. The van der Waals surface area contributed by atoms with E-state index in [4.69, 9.17) is 37.8 Å². The van der Waals surface area contributed by atoms with Gasteiger partial charge in [-0.3, -0.25) is 4.79 Å². The van der Waals surface area contributed by atoms with Gasteiger partial charge in [-0.2, -0.15) is 0 Å². The number of carbonyl (C=O) groups is 1. The SMILES string of the molecule is CNC(=O)[C@H]1OC(c2ccc(Cl)c(Cl)c2)O[C@@H](CCO)[C@H]1O. The Bertz CT molecular complexity index is 542. The summed E-state index contributed by atoms with van der Waals surface area (Å²) in [5, 5.41) is 22.4. The molecule has 22 heavy (non-hydrogen) atoms. The van der Waals surface area contributed by atoms with E-state index in [1.165, 1.54) is 7.05 Å². The minimum atomic E-state index is -1.17.